The van der Waals surface area contributed by atoms with Crippen LogP contribution in [0.2, 0.25) is 6.32 Å². The fraction of sp³-hybridized carbons (Fsp3) is 0.917. The van der Waals surface area contributed by atoms with Crippen LogP contribution in [0.5, 0.6) is 0 Å². The zero-order valence-electron chi connectivity index (χ0n) is 13.8. The monoisotopic (exact) mass is 380 g/mol. The highest BCUT2D eigenvalue weighted by atomic mass is 32.2. The van der Waals surface area contributed by atoms with Crippen molar-refractivity contribution in [3.05, 3.63) is 0 Å². The zero-order valence-corrected chi connectivity index (χ0v) is 14.6. The van der Waals surface area contributed by atoms with Crippen molar-refractivity contribution >= 4 is 23.3 Å². The molecule has 2 aliphatic rings. The number of nitrogens with two attached hydrogens (primary N) is 2. The molecule has 0 unspecified atom stereocenters. The molecule has 0 radical (unpaired) electrons. The fourth-order valence-corrected chi connectivity index (χ4v) is 4.42. The third kappa shape index (κ3) is 4.68. The van der Waals surface area contributed by atoms with E-state index in [0.29, 0.717) is 6.42 Å². The normalized spacial score (nSPS) is 29.4. The van der Waals surface area contributed by atoms with Gasteiger partial charge in [0.2, 0.25) is 0 Å². The summed E-state index contributed by atoms with van der Waals surface area (Å²) in [5, 5.41) is 27.2. The molecule has 2 fully saturated rings. The number of rotatable bonds is 9. The van der Waals surface area contributed by atoms with Crippen molar-refractivity contribution in [2.24, 2.45) is 17.4 Å². The smallest absolute Gasteiger partial charge is 0.451 e. The van der Waals surface area contributed by atoms with Gasteiger partial charge in [-0.2, -0.15) is 12.7 Å². The van der Waals surface area contributed by atoms with E-state index in [2.05, 4.69) is 4.72 Å². The van der Waals surface area contributed by atoms with Gasteiger partial charge in [0.15, 0.2) is 0 Å². The van der Waals surface area contributed by atoms with E-state index < -0.39 is 40.3 Å². The summed E-state index contributed by atoms with van der Waals surface area (Å²) in [7, 11) is -5.44. The molecule has 0 saturated carbocycles. The first-order valence-electron chi connectivity index (χ1n) is 7.98. The number of ether oxygens (including phenoxy) is 1. The SMILES string of the molecule is NC1(CNS(=O)(=O)N2C[C@H](CCCB(O)O)[C@](N)(C(=O)O)C2)COC1. The quantitative estimate of drug-likeness (QED) is 0.221. The third-order valence-electron chi connectivity index (χ3n) is 4.73. The Bertz CT molecular complexity index is 600. The Morgan fingerprint density at radius 3 is 2.48 bits per heavy atom. The lowest BCUT2D eigenvalue weighted by Gasteiger charge is -2.38. The highest BCUT2D eigenvalue weighted by Gasteiger charge is 2.52. The summed E-state index contributed by atoms with van der Waals surface area (Å²) in [6.07, 6.45) is 0.646. The summed E-state index contributed by atoms with van der Waals surface area (Å²) in [4.78, 5) is 11.6. The zero-order chi connectivity index (χ0) is 18.9. The van der Waals surface area contributed by atoms with Gasteiger partial charge in [-0.25, -0.2) is 4.72 Å². The minimum absolute atomic E-state index is 0.0160. The van der Waals surface area contributed by atoms with Crippen molar-refractivity contribution in [1.29, 1.82) is 0 Å². The van der Waals surface area contributed by atoms with Crippen molar-refractivity contribution in [2.75, 3.05) is 32.8 Å². The van der Waals surface area contributed by atoms with E-state index in [-0.39, 0.29) is 45.6 Å². The summed E-state index contributed by atoms with van der Waals surface area (Å²) in [6, 6.07) is 0. The van der Waals surface area contributed by atoms with Crippen LogP contribution in [0.4, 0.5) is 0 Å². The van der Waals surface area contributed by atoms with E-state index >= 15 is 0 Å². The summed E-state index contributed by atoms with van der Waals surface area (Å²) in [6.45, 7) is 0.0544. The summed E-state index contributed by atoms with van der Waals surface area (Å²) < 4.78 is 33.2. The summed E-state index contributed by atoms with van der Waals surface area (Å²) in [5.74, 6) is -1.93. The minimum atomic E-state index is -3.94. The maximum Gasteiger partial charge on any atom is 0.451 e. The molecule has 8 N–H and O–H groups in total. The molecule has 0 aromatic heterocycles. The number of carbonyl (C=O) groups is 1. The molecule has 0 aliphatic carbocycles. The van der Waals surface area contributed by atoms with Crippen LogP contribution >= 0.6 is 0 Å². The number of nitrogens with zero attached hydrogens (tertiary/aromatic N) is 1. The van der Waals surface area contributed by atoms with E-state index in [9.17, 15) is 18.3 Å². The second-order valence-electron chi connectivity index (χ2n) is 6.93. The second kappa shape index (κ2) is 7.44. The molecule has 2 aliphatic heterocycles. The highest BCUT2D eigenvalue weighted by molar-refractivity contribution is 7.87. The predicted molar refractivity (Wildman–Crippen MR) is 88.5 cm³/mol. The molecule has 2 rings (SSSR count). The van der Waals surface area contributed by atoms with Gasteiger partial charge >= 0.3 is 13.1 Å². The third-order valence-corrected chi connectivity index (χ3v) is 6.20. The topological polar surface area (TPSA) is 188 Å². The number of aliphatic carboxylic acids is 1. The Kier molecular flexibility index (Phi) is 6.11. The Balaban J connectivity index is 2.02. The van der Waals surface area contributed by atoms with Gasteiger partial charge < -0.3 is 31.4 Å². The summed E-state index contributed by atoms with van der Waals surface area (Å²) >= 11 is 0. The number of nitrogens with one attached hydrogen (secondary N) is 1. The van der Waals surface area contributed by atoms with Crippen LogP contribution in [-0.2, 0) is 19.7 Å². The van der Waals surface area contributed by atoms with Gasteiger partial charge in [0.25, 0.3) is 10.2 Å². The summed E-state index contributed by atoms with van der Waals surface area (Å²) in [5.41, 5.74) is 9.38. The molecule has 0 bridgehead atoms. The highest BCUT2D eigenvalue weighted by Crippen LogP contribution is 2.32. The number of hydrogen-bond acceptors (Lipinski definition) is 8. The van der Waals surface area contributed by atoms with Gasteiger partial charge in [0.1, 0.15) is 5.54 Å². The molecule has 2 saturated heterocycles. The van der Waals surface area contributed by atoms with Crippen LogP contribution in [0.25, 0.3) is 0 Å². The fourth-order valence-electron chi connectivity index (χ4n) is 3.01. The Hall–Kier alpha value is -0.795. The molecule has 2 heterocycles. The van der Waals surface area contributed by atoms with E-state index in [1.54, 1.807) is 0 Å². The van der Waals surface area contributed by atoms with Crippen LogP contribution in [0.15, 0.2) is 0 Å². The van der Waals surface area contributed by atoms with Crippen LogP contribution in [-0.4, -0.2) is 84.9 Å². The van der Waals surface area contributed by atoms with Gasteiger partial charge in [-0.15, -0.1) is 0 Å². The van der Waals surface area contributed by atoms with Gasteiger partial charge in [-0.1, -0.05) is 6.42 Å². The maximum absolute atomic E-state index is 12.4. The van der Waals surface area contributed by atoms with Gasteiger partial charge in [0.05, 0.1) is 18.8 Å². The lowest BCUT2D eigenvalue weighted by Crippen LogP contribution is -2.64. The molecule has 0 aromatic rings. The standard InChI is InChI=1S/C12H25BN4O7S/c14-11(7-24-8-11)5-16-25(22,23)17-4-9(2-1-3-13(20)21)12(15,6-17)10(18)19/h9,16,20-21H,1-8,14-15H2,(H,18,19)/t9-,12-/m0/s1. The largest absolute Gasteiger partial charge is 0.480 e. The molecule has 11 nitrogen and oxygen atoms in total. The lowest BCUT2D eigenvalue weighted by atomic mass is 9.78. The molecule has 0 aromatic carbocycles. The molecule has 144 valence electrons. The van der Waals surface area contributed by atoms with E-state index in [4.69, 9.17) is 26.3 Å². The molecule has 13 heteroatoms. The van der Waals surface area contributed by atoms with Crippen LogP contribution in [0.1, 0.15) is 12.8 Å². The van der Waals surface area contributed by atoms with Crippen molar-refractivity contribution in [3.8, 4) is 0 Å². The first kappa shape index (κ1) is 20.5. The van der Waals surface area contributed by atoms with Crippen molar-refractivity contribution in [3.63, 3.8) is 0 Å². The average Bonchev–Trinajstić information content (AvgIpc) is 2.82. The molecule has 0 amide bonds. The van der Waals surface area contributed by atoms with Gasteiger partial charge in [-0.05, 0) is 12.7 Å². The first-order chi connectivity index (χ1) is 11.5. The average molecular weight is 380 g/mol. The minimum Gasteiger partial charge on any atom is -0.480 e. The van der Waals surface area contributed by atoms with Crippen LogP contribution < -0.4 is 16.2 Å². The Morgan fingerprint density at radius 1 is 1.36 bits per heavy atom. The number of carboxylic acid groups (broad SMARTS) is 1. The Labute approximate surface area is 146 Å². The predicted octanol–water partition coefficient (Wildman–Crippen LogP) is -3.48. The van der Waals surface area contributed by atoms with Crippen LogP contribution in [0, 0.1) is 5.92 Å². The lowest BCUT2D eigenvalue weighted by molar-refractivity contribution is -0.144. The number of hydrogen-bond donors (Lipinski definition) is 6. The van der Waals surface area contributed by atoms with Crippen LogP contribution in [0.3, 0.4) is 0 Å². The van der Waals surface area contributed by atoms with Crippen molar-refractivity contribution in [1.82, 2.24) is 9.03 Å². The molecular formula is C12H25BN4O7S. The van der Waals surface area contributed by atoms with E-state index in [0.717, 1.165) is 4.31 Å². The van der Waals surface area contributed by atoms with Crippen molar-refractivity contribution in [2.45, 2.75) is 30.2 Å². The van der Waals surface area contributed by atoms with E-state index in [1.165, 1.54) is 0 Å². The second-order valence-corrected chi connectivity index (χ2v) is 8.68. The van der Waals surface area contributed by atoms with Crippen molar-refractivity contribution < 1.29 is 33.1 Å². The molecule has 0 spiro atoms. The Morgan fingerprint density at radius 2 is 2.00 bits per heavy atom. The maximum atomic E-state index is 12.4. The number of carboxylic acids is 1. The van der Waals surface area contributed by atoms with Gasteiger partial charge in [-0.3, -0.25) is 4.79 Å². The first-order valence-corrected chi connectivity index (χ1v) is 9.42. The molecular weight excluding hydrogens is 355 g/mol. The van der Waals surface area contributed by atoms with Gasteiger partial charge in [0, 0.05) is 25.6 Å². The molecule has 25 heavy (non-hydrogen) atoms. The van der Waals surface area contributed by atoms with E-state index in [1.807, 2.05) is 0 Å². The molecule has 2 atom stereocenters.